The van der Waals surface area contributed by atoms with E-state index < -0.39 is 0 Å². The van der Waals surface area contributed by atoms with Crippen LogP contribution in [0.5, 0.6) is 0 Å². The molecule has 43 heavy (non-hydrogen) atoms. The Balaban J connectivity index is 1.43. The second-order valence-electron chi connectivity index (χ2n) is 13.6. The monoisotopic (exact) mass is 637 g/mol. The van der Waals surface area contributed by atoms with Crippen molar-refractivity contribution in [3.05, 3.63) is 92.1 Å². The van der Waals surface area contributed by atoms with Crippen LogP contribution in [0.2, 0.25) is 10.0 Å². The molecule has 0 aromatic heterocycles. The Morgan fingerprint density at radius 1 is 0.884 bits per heavy atom. The quantitative estimate of drug-likeness (QED) is 0.235. The van der Waals surface area contributed by atoms with Gasteiger partial charge in [-0.05, 0) is 93.3 Å². The van der Waals surface area contributed by atoms with Crippen molar-refractivity contribution in [2.24, 2.45) is 5.92 Å². The molecule has 0 amide bonds. The van der Waals surface area contributed by atoms with Crippen molar-refractivity contribution >= 4 is 51.9 Å². The summed E-state index contributed by atoms with van der Waals surface area (Å²) in [6, 6.07) is 12.7. The van der Waals surface area contributed by atoms with Crippen LogP contribution in [0.15, 0.2) is 70.9 Å². The molecule has 0 radical (unpaired) electrons. The third-order valence-electron chi connectivity index (χ3n) is 9.88. The maximum atomic E-state index is 7.25. The molecule has 2 heterocycles. The predicted molar refractivity (Wildman–Crippen MR) is 188 cm³/mol. The second kappa shape index (κ2) is 13.2. The Labute approximate surface area is 275 Å². The van der Waals surface area contributed by atoms with E-state index in [1.165, 1.54) is 45.9 Å². The van der Waals surface area contributed by atoms with Gasteiger partial charge >= 0.3 is 0 Å². The van der Waals surface area contributed by atoms with Crippen LogP contribution in [0.1, 0.15) is 104 Å². The molecule has 1 atom stereocenters. The number of halogens is 3. The average Bonchev–Trinajstić information content (AvgIpc) is 3.31. The lowest BCUT2D eigenvalue weighted by molar-refractivity contribution is -0.438. The van der Waals surface area contributed by atoms with Crippen molar-refractivity contribution in [1.82, 2.24) is 0 Å². The van der Waals surface area contributed by atoms with Gasteiger partial charge < -0.3 is 4.90 Å². The van der Waals surface area contributed by atoms with Crippen LogP contribution in [0.25, 0.3) is 0 Å². The molecule has 0 N–H and O–H groups in total. The zero-order valence-corrected chi connectivity index (χ0v) is 29.1. The molecule has 1 unspecified atom stereocenters. The summed E-state index contributed by atoms with van der Waals surface area (Å²) < 4.78 is 2.50. The number of anilines is 1. The third kappa shape index (κ3) is 6.27. The van der Waals surface area contributed by atoms with Gasteiger partial charge in [-0.2, -0.15) is 4.58 Å². The standard InChI is InChI=1S/C38H48Cl3N2/c1-7-9-22-42-32-18-16-28(39)24-30(32)37(3,4)34(42)20-14-26-12-11-13-27(36(26)41)15-21-35-38(5,6)31-25-29(40)17-19-33(31)43(35)23-10-8-2/h14,16-21,24-25,27H,7-13,15,22-23H2,1-6H3/q+1. The molecule has 5 heteroatoms. The smallest absolute Gasteiger partial charge is 0.209 e. The molecular formula is C38H48Cl3N2+. The fourth-order valence-electron chi connectivity index (χ4n) is 7.34. The van der Waals surface area contributed by atoms with Gasteiger partial charge in [-0.1, -0.05) is 87.5 Å². The first-order valence-corrected chi connectivity index (χ1v) is 17.4. The van der Waals surface area contributed by atoms with Crippen molar-refractivity contribution in [3.63, 3.8) is 0 Å². The molecule has 1 aliphatic carbocycles. The van der Waals surface area contributed by atoms with Gasteiger partial charge in [-0.3, -0.25) is 0 Å². The zero-order chi connectivity index (χ0) is 30.9. The summed E-state index contributed by atoms with van der Waals surface area (Å²) in [7, 11) is 0. The molecule has 0 saturated heterocycles. The Morgan fingerprint density at radius 2 is 1.58 bits per heavy atom. The number of fused-ring (bicyclic) bond motifs is 2. The first-order chi connectivity index (χ1) is 20.5. The molecule has 2 aliphatic heterocycles. The van der Waals surface area contributed by atoms with Gasteiger partial charge in [0.25, 0.3) is 0 Å². The van der Waals surface area contributed by atoms with E-state index in [4.69, 9.17) is 34.8 Å². The molecule has 2 aromatic rings. The highest BCUT2D eigenvalue weighted by Crippen LogP contribution is 2.49. The zero-order valence-electron chi connectivity index (χ0n) is 26.9. The van der Waals surface area contributed by atoms with Gasteiger partial charge in [0.05, 0.1) is 5.41 Å². The van der Waals surface area contributed by atoms with Crippen LogP contribution in [0, 0.1) is 5.92 Å². The van der Waals surface area contributed by atoms with E-state index in [1.807, 2.05) is 12.1 Å². The summed E-state index contributed by atoms with van der Waals surface area (Å²) in [5.41, 5.74) is 8.99. The molecule has 0 fully saturated rings. The van der Waals surface area contributed by atoms with E-state index in [0.29, 0.717) is 5.92 Å². The fraction of sp³-hybridized carbons (Fsp3) is 0.500. The largest absolute Gasteiger partial charge is 0.344 e. The number of rotatable bonds is 10. The first kappa shape index (κ1) is 32.4. The minimum Gasteiger partial charge on any atom is -0.344 e. The van der Waals surface area contributed by atoms with Gasteiger partial charge in [0.2, 0.25) is 5.69 Å². The van der Waals surface area contributed by atoms with Gasteiger partial charge in [0.15, 0.2) is 5.71 Å². The minimum absolute atomic E-state index is 0.0912. The van der Waals surface area contributed by atoms with Gasteiger partial charge in [-0.25, -0.2) is 0 Å². The highest BCUT2D eigenvalue weighted by molar-refractivity contribution is 6.31. The number of unbranched alkanes of at least 4 members (excludes halogenated alkanes) is 2. The minimum atomic E-state index is -0.121. The van der Waals surface area contributed by atoms with E-state index in [-0.39, 0.29) is 10.8 Å². The number of nitrogens with zero attached hydrogens (tertiary/aromatic N) is 2. The average molecular weight is 639 g/mol. The van der Waals surface area contributed by atoms with Crippen molar-refractivity contribution in [2.45, 2.75) is 104 Å². The molecule has 3 aliphatic rings. The Kier molecular flexibility index (Phi) is 9.91. The maximum absolute atomic E-state index is 7.25. The summed E-state index contributed by atoms with van der Waals surface area (Å²) in [5, 5.41) is 2.64. The molecule has 0 bridgehead atoms. The highest BCUT2D eigenvalue weighted by Gasteiger charge is 2.44. The van der Waals surface area contributed by atoms with E-state index in [9.17, 15) is 0 Å². The number of hydrogen-bond donors (Lipinski definition) is 0. The van der Waals surface area contributed by atoms with Crippen LogP contribution in [-0.4, -0.2) is 23.4 Å². The summed E-state index contributed by atoms with van der Waals surface area (Å²) in [6.07, 6.45) is 16.1. The number of benzene rings is 2. The predicted octanol–water partition coefficient (Wildman–Crippen LogP) is 11.9. The summed E-state index contributed by atoms with van der Waals surface area (Å²) in [4.78, 5) is 2.53. The van der Waals surface area contributed by atoms with E-state index in [0.717, 1.165) is 73.1 Å². The van der Waals surface area contributed by atoms with E-state index in [2.05, 4.69) is 93.5 Å². The molecule has 2 aromatic carbocycles. The lowest BCUT2D eigenvalue weighted by Crippen LogP contribution is -2.28. The molecule has 230 valence electrons. The Morgan fingerprint density at radius 3 is 2.30 bits per heavy atom. The highest BCUT2D eigenvalue weighted by atomic mass is 35.5. The maximum Gasteiger partial charge on any atom is 0.209 e. The lowest BCUT2D eigenvalue weighted by Gasteiger charge is -2.29. The number of allylic oxidation sites excluding steroid dienone is 6. The number of hydrogen-bond acceptors (Lipinski definition) is 1. The summed E-state index contributed by atoms with van der Waals surface area (Å²) >= 11 is 20.2. The first-order valence-electron chi connectivity index (χ1n) is 16.3. The van der Waals surface area contributed by atoms with Crippen LogP contribution < -0.4 is 4.90 Å². The van der Waals surface area contributed by atoms with E-state index in [1.54, 1.807) is 0 Å². The Hall–Kier alpha value is -2.00. The van der Waals surface area contributed by atoms with Crippen LogP contribution in [0.4, 0.5) is 11.4 Å². The Bertz CT molecular complexity index is 1490. The molecule has 0 saturated carbocycles. The normalized spacial score (nSPS) is 21.8. The van der Waals surface area contributed by atoms with Crippen molar-refractivity contribution in [2.75, 3.05) is 18.0 Å². The van der Waals surface area contributed by atoms with Gasteiger partial charge in [-0.15, -0.1) is 0 Å². The van der Waals surface area contributed by atoms with Crippen LogP contribution in [0.3, 0.4) is 0 Å². The van der Waals surface area contributed by atoms with Crippen LogP contribution >= 0.6 is 34.8 Å². The molecule has 0 spiro atoms. The third-order valence-corrected chi connectivity index (χ3v) is 10.9. The van der Waals surface area contributed by atoms with E-state index >= 15 is 0 Å². The molecular weight excluding hydrogens is 591 g/mol. The topological polar surface area (TPSA) is 6.25 Å². The molecule has 2 nitrogen and oxygen atoms in total. The van der Waals surface area contributed by atoms with Gasteiger partial charge in [0, 0.05) is 62.5 Å². The summed E-state index contributed by atoms with van der Waals surface area (Å²) in [6.45, 7) is 15.9. The van der Waals surface area contributed by atoms with Crippen molar-refractivity contribution in [3.8, 4) is 0 Å². The molecule has 5 rings (SSSR count). The lowest BCUT2D eigenvalue weighted by atomic mass is 9.80. The van der Waals surface area contributed by atoms with Crippen LogP contribution in [-0.2, 0) is 10.8 Å². The van der Waals surface area contributed by atoms with Gasteiger partial charge in [0.1, 0.15) is 6.54 Å². The fourth-order valence-corrected chi connectivity index (χ4v) is 8.04. The second-order valence-corrected chi connectivity index (χ2v) is 14.9. The summed E-state index contributed by atoms with van der Waals surface area (Å²) in [5.74, 6) is 0.340. The van der Waals surface area contributed by atoms with Crippen molar-refractivity contribution < 1.29 is 4.58 Å². The van der Waals surface area contributed by atoms with Crippen molar-refractivity contribution in [1.29, 1.82) is 0 Å². The SMILES string of the molecule is CCCCN1C(=CCC2CCCC(C=CC3=[N+](CCCC)c4ccc(Cl)cc4C3(C)C)=C2Cl)C(C)(C)c2cc(Cl)ccc21.